The van der Waals surface area contributed by atoms with E-state index < -0.39 is 0 Å². The maximum Gasteiger partial charge on any atom is 0.253 e. The van der Waals surface area contributed by atoms with Crippen molar-refractivity contribution in [3.63, 3.8) is 0 Å². The van der Waals surface area contributed by atoms with E-state index in [0.29, 0.717) is 6.10 Å². The summed E-state index contributed by atoms with van der Waals surface area (Å²) in [5, 5.41) is 3.10. The highest BCUT2D eigenvalue weighted by Gasteiger charge is 2.17. The van der Waals surface area contributed by atoms with Gasteiger partial charge in [0.2, 0.25) is 0 Å². The number of amides is 2. The first kappa shape index (κ1) is 22.9. The van der Waals surface area contributed by atoms with Crippen molar-refractivity contribution < 1.29 is 14.3 Å². The van der Waals surface area contributed by atoms with Gasteiger partial charge in [0.25, 0.3) is 11.8 Å². The molecule has 3 aliphatic heterocycles. The topological polar surface area (TPSA) is 71.8 Å². The number of hydrogen-bond acceptors (Lipinski definition) is 4. The van der Waals surface area contributed by atoms with Crippen molar-refractivity contribution >= 4 is 11.8 Å². The van der Waals surface area contributed by atoms with E-state index in [1.807, 2.05) is 0 Å². The lowest BCUT2D eigenvalue weighted by Gasteiger charge is -2.01. The third-order valence-electron chi connectivity index (χ3n) is 2.14. The predicted octanol–water partition coefficient (Wildman–Crippen LogP) is 1.83. The Balaban J connectivity index is -0.000000202. The minimum atomic E-state index is -0.241. The van der Waals surface area contributed by atoms with Gasteiger partial charge < -0.3 is 10.1 Å². The van der Waals surface area contributed by atoms with Gasteiger partial charge in [0.05, 0.1) is 12.7 Å². The summed E-state index contributed by atoms with van der Waals surface area (Å²) in [4.78, 5) is 21.9. The molecule has 0 aromatic carbocycles. The molecule has 3 heterocycles. The van der Waals surface area contributed by atoms with Gasteiger partial charge in [-0.05, 0) is 13.8 Å². The number of epoxide rings is 1. The summed E-state index contributed by atoms with van der Waals surface area (Å²) < 4.78 is 4.71. The van der Waals surface area contributed by atoms with E-state index in [0.717, 1.165) is 17.5 Å². The second-order valence-electron chi connectivity index (χ2n) is 4.02. The highest BCUT2D eigenvalue weighted by atomic mass is 16.6. The van der Waals surface area contributed by atoms with Gasteiger partial charge in [-0.3, -0.25) is 14.5 Å². The average molecular weight is 274 g/mol. The van der Waals surface area contributed by atoms with Gasteiger partial charge in [-0.1, -0.05) is 22.3 Å². The van der Waals surface area contributed by atoms with E-state index in [9.17, 15) is 9.59 Å². The number of nitrogens with one attached hydrogen (secondary N) is 1. The summed E-state index contributed by atoms with van der Waals surface area (Å²) in [5.74, 6) is -0.481. The Labute approximate surface area is 118 Å². The van der Waals surface area contributed by atoms with E-state index in [1.165, 1.54) is 25.7 Å². The van der Waals surface area contributed by atoms with Crippen LogP contribution in [0, 0.1) is 0 Å². The summed E-state index contributed by atoms with van der Waals surface area (Å²) in [6.07, 6.45) is 3.09. The molecule has 0 saturated carbocycles. The fourth-order valence-electron chi connectivity index (χ4n) is 0.689. The first-order chi connectivity index (χ1) is 7.50. The Bertz CT molecular complexity index is 267. The first-order valence-corrected chi connectivity index (χ1v) is 5.35. The van der Waals surface area contributed by atoms with Crippen molar-refractivity contribution in [3.8, 4) is 0 Å². The fraction of sp³-hybridized carbons (Fsp3) is 0.714. The maximum atomic E-state index is 10.4. The zero-order valence-corrected chi connectivity index (χ0v) is 9.90. The number of carbonyl (C=O) groups is 2. The molecule has 2 atom stereocenters. The molecule has 1 N–H and O–H groups in total. The van der Waals surface area contributed by atoms with Gasteiger partial charge in [-0.15, -0.1) is 0 Å². The molecule has 0 aromatic rings. The molecule has 0 spiro atoms. The van der Waals surface area contributed by atoms with Crippen molar-refractivity contribution in [3.05, 3.63) is 12.2 Å². The fourth-order valence-corrected chi connectivity index (χ4v) is 0.689. The van der Waals surface area contributed by atoms with Crippen LogP contribution in [-0.2, 0) is 14.3 Å². The van der Waals surface area contributed by atoms with Crippen LogP contribution in [0.1, 0.15) is 36.1 Å². The Morgan fingerprint density at radius 2 is 1.42 bits per heavy atom. The van der Waals surface area contributed by atoms with Crippen LogP contribution in [0.4, 0.5) is 0 Å². The van der Waals surface area contributed by atoms with Crippen LogP contribution in [-0.4, -0.2) is 49.1 Å². The number of imide groups is 1. The summed E-state index contributed by atoms with van der Waals surface area (Å²) in [6, 6.07) is 0.833. The zero-order chi connectivity index (χ0) is 12.1. The van der Waals surface area contributed by atoms with Gasteiger partial charge in [0, 0.05) is 31.8 Å². The predicted molar refractivity (Wildman–Crippen MR) is 80.0 cm³/mol. The Hall–Kier alpha value is -1.20. The quantitative estimate of drug-likeness (QED) is 0.540. The molecule has 2 saturated heterocycles. The molecule has 3 rings (SSSR count). The lowest BCUT2D eigenvalue weighted by molar-refractivity contribution is -0.135. The van der Waals surface area contributed by atoms with E-state index in [2.05, 4.69) is 19.2 Å². The largest absolute Gasteiger partial charge is 0.373 e. The van der Waals surface area contributed by atoms with Gasteiger partial charge in [-0.2, -0.15) is 0 Å². The smallest absolute Gasteiger partial charge is 0.253 e. The summed E-state index contributed by atoms with van der Waals surface area (Å²) >= 11 is 0. The van der Waals surface area contributed by atoms with Crippen molar-refractivity contribution in [2.75, 3.05) is 20.2 Å². The molecule has 2 fully saturated rings. The average Bonchev–Trinajstić information content (AvgIpc) is 3.15. The lowest BCUT2D eigenvalue weighted by atomic mass is 10.6. The van der Waals surface area contributed by atoms with Crippen LogP contribution in [0.25, 0.3) is 0 Å². The van der Waals surface area contributed by atoms with E-state index in [1.54, 1.807) is 0 Å². The number of likely N-dealkylation sites (N-methyl/N-ethyl adjacent to an activating group) is 1. The number of nitrogens with zero attached hydrogens (tertiary/aromatic N) is 1. The van der Waals surface area contributed by atoms with Crippen molar-refractivity contribution in [1.29, 1.82) is 0 Å². The van der Waals surface area contributed by atoms with Gasteiger partial charge in [0.1, 0.15) is 0 Å². The van der Waals surface area contributed by atoms with Crippen molar-refractivity contribution in [1.82, 2.24) is 10.2 Å². The van der Waals surface area contributed by atoms with Gasteiger partial charge >= 0.3 is 0 Å². The van der Waals surface area contributed by atoms with Crippen LogP contribution >= 0.6 is 0 Å². The molecule has 5 heteroatoms. The summed E-state index contributed by atoms with van der Waals surface area (Å²) in [6.45, 7) is 6.44. The van der Waals surface area contributed by atoms with Gasteiger partial charge in [-0.25, -0.2) is 0 Å². The molecule has 0 aliphatic carbocycles. The van der Waals surface area contributed by atoms with Crippen LogP contribution < -0.4 is 5.32 Å². The highest BCUT2D eigenvalue weighted by molar-refractivity contribution is 6.12. The first-order valence-electron chi connectivity index (χ1n) is 5.35. The molecule has 114 valence electrons. The number of ether oxygens (including phenoxy) is 1. The second kappa shape index (κ2) is 10.7. The van der Waals surface area contributed by atoms with Crippen LogP contribution in [0.5, 0.6) is 0 Å². The van der Waals surface area contributed by atoms with E-state index >= 15 is 0 Å². The molecule has 5 nitrogen and oxygen atoms in total. The Kier molecular flexibility index (Phi) is 12.9. The van der Waals surface area contributed by atoms with E-state index in [-0.39, 0.29) is 34.1 Å². The second-order valence-corrected chi connectivity index (χ2v) is 4.02. The Morgan fingerprint density at radius 3 is 1.47 bits per heavy atom. The van der Waals surface area contributed by atoms with Crippen LogP contribution in [0.2, 0.25) is 0 Å². The maximum absolute atomic E-state index is 10.4. The third-order valence-corrected chi connectivity index (χ3v) is 2.14. The molecule has 0 aromatic heterocycles. The molecule has 0 radical (unpaired) electrons. The molecule has 0 bridgehead atoms. The Morgan fingerprint density at radius 1 is 1.16 bits per heavy atom. The SMILES string of the molecule is C.C.C.CC1CN1.CC1CO1.CN1C(=O)C=CC1=O. The van der Waals surface area contributed by atoms with Crippen molar-refractivity contribution in [2.45, 2.75) is 48.3 Å². The minimum Gasteiger partial charge on any atom is -0.373 e. The molecule has 2 amide bonds. The number of rotatable bonds is 0. The normalized spacial score (nSPS) is 24.5. The molecular weight excluding hydrogens is 244 g/mol. The highest BCUT2D eigenvalue weighted by Crippen LogP contribution is 2.04. The standard InChI is InChI=1S/C5H5NO2.C3H7N.C3H6O.3CH4/c1-6-4(7)2-3-5(6)8;2*1-3-2-4-3;;;/h2-3H,1H3;3-4H,2H2,1H3;3H,2H2,1H3;3*1H4. The lowest BCUT2D eigenvalue weighted by Crippen LogP contribution is -2.24. The monoisotopic (exact) mass is 274 g/mol. The summed E-state index contributed by atoms with van der Waals surface area (Å²) in [5.41, 5.74) is 0. The molecule has 19 heavy (non-hydrogen) atoms. The number of carbonyl (C=O) groups excluding carboxylic acids is 2. The molecule has 2 unspecified atom stereocenters. The zero-order valence-electron chi connectivity index (χ0n) is 9.90. The minimum absolute atomic E-state index is 0. The van der Waals surface area contributed by atoms with Crippen molar-refractivity contribution in [2.24, 2.45) is 0 Å². The summed E-state index contributed by atoms with van der Waals surface area (Å²) in [7, 11) is 1.45. The van der Waals surface area contributed by atoms with Crippen LogP contribution in [0.3, 0.4) is 0 Å². The molecule has 3 aliphatic rings. The van der Waals surface area contributed by atoms with E-state index in [4.69, 9.17) is 4.74 Å². The van der Waals surface area contributed by atoms with Crippen LogP contribution in [0.15, 0.2) is 12.2 Å². The molecular formula is C14H30N2O3. The van der Waals surface area contributed by atoms with Gasteiger partial charge in [0.15, 0.2) is 0 Å². The number of hydrogen-bond donors (Lipinski definition) is 1. The third kappa shape index (κ3) is 11.6.